The fraction of sp³-hybridized carbons (Fsp3) is 0.278. The third-order valence-corrected chi connectivity index (χ3v) is 5.60. The van der Waals surface area contributed by atoms with Crippen molar-refractivity contribution in [2.24, 2.45) is 0 Å². The number of carbonyl (C=O) groups is 1. The number of fused-ring (bicyclic) bond motifs is 2. The second-order valence-electron chi connectivity index (χ2n) is 5.95. The van der Waals surface area contributed by atoms with E-state index in [9.17, 15) is 9.59 Å². The number of hydrogen-bond donors (Lipinski definition) is 1. The molecule has 1 N–H and O–H groups in total. The first-order valence-electron chi connectivity index (χ1n) is 8.15. The molecule has 1 aliphatic rings. The van der Waals surface area contributed by atoms with Crippen molar-refractivity contribution in [3.63, 3.8) is 0 Å². The van der Waals surface area contributed by atoms with Crippen molar-refractivity contribution >= 4 is 27.8 Å². The van der Waals surface area contributed by atoms with Crippen LogP contribution in [0.3, 0.4) is 0 Å². The lowest BCUT2D eigenvalue weighted by atomic mass is 10.1. The molecule has 1 amide bonds. The van der Waals surface area contributed by atoms with Crippen LogP contribution in [-0.2, 0) is 6.42 Å². The summed E-state index contributed by atoms with van der Waals surface area (Å²) in [6.07, 6.45) is 3.09. The van der Waals surface area contributed by atoms with E-state index in [0.29, 0.717) is 16.0 Å². The largest absolute Gasteiger partial charge is 0.496 e. The highest BCUT2D eigenvalue weighted by atomic mass is 32.1. The Bertz CT molecular complexity index is 1060. The van der Waals surface area contributed by atoms with E-state index in [4.69, 9.17) is 9.47 Å². The van der Waals surface area contributed by atoms with Crippen molar-refractivity contribution in [3.05, 3.63) is 51.9 Å². The number of rotatable bonds is 3. The summed E-state index contributed by atoms with van der Waals surface area (Å²) in [5.41, 5.74) is 1.58. The Morgan fingerprint density at radius 3 is 2.77 bits per heavy atom. The Morgan fingerprint density at radius 1 is 1.27 bits per heavy atom. The number of pyridine rings is 1. The van der Waals surface area contributed by atoms with E-state index in [0.717, 1.165) is 45.2 Å². The highest BCUT2D eigenvalue weighted by Gasteiger charge is 2.31. The van der Waals surface area contributed by atoms with E-state index in [1.165, 1.54) is 0 Å². The number of methoxy groups -OCH3 is 2. The lowest BCUT2D eigenvalue weighted by Crippen LogP contribution is -2.35. The zero-order valence-corrected chi connectivity index (χ0v) is 15.1. The third kappa shape index (κ3) is 2.53. The van der Waals surface area contributed by atoms with Gasteiger partial charge in [-0.2, -0.15) is 3.96 Å². The first-order valence-corrected chi connectivity index (χ1v) is 8.93. The van der Waals surface area contributed by atoms with Crippen LogP contribution in [0, 0.1) is 0 Å². The van der Waals surface area contributed by atoms with Crippen molar-refractivity contribution in [1.82, 2.24) is 14.3 Å². The van der Waals surface area contributed by atoms with Gasteiger partial charge in [0.15, 0.2) is 0 Å². The van der Waals surface area contributed by atoms with Gasteiger partial charge in [-0.15, -0.1) is 0 Å². The van der Waals surface area contributed by atoms with Crippen molar-refractivity contribution < 1.29 is 14.3 Å². The predicted molar refractivity (Wildman–Crippen MR) is 98.4 cm³/mol. The molecule has 0 radical (unpaired) electrons. The van der Waals surface area contributed by atoms with E-state index in [-0.39, 0.29) is 11.6 Å². The van der Waals surface area contributed by atoms with Gasteiger partial charge in [-0.25, -0.2) is 9.78 Å². The molecule has 1 unspecified atom stereocenters. The highest BCUT2D eigenvalue weighted by Crippen LogP contribution is 2.42. The summed E-state index contributed by atoms with van der Waals surface area (Å²) in [6.45, 7) is 0. The van der Waals surface area contributed by atoms with Crippen molar-refractivity contribution in [1.29, 1.82) is 0 Å². The number of aromatic nitrogens is 2. The normalized spacial score (nSPS) is 15.7. The molecule has 2 heterocycles. The molecule has 3 aromatic rings. The summed E-state index contributed by atoms with van der Waals surface area (Å²) in [7, 11) is 3.22. The van der Waals surface area contributed by atoms with Crippen LogP contribution in [-0.4, -0.2) is 29.2 Å². The summed E-state index contributed by atoms with van der Waals surface area (Å²) in [5.74, 6) is 1.48. The summed E-state index contributed by atoms with van der Waals surface area (Å²) in [5, 5.41) is 3.39. The van der Waals surface area contributed by atoms with E-state index in [1.54, 1.807) is 32.5 Å². The van der Waals surface area contributed by atoms with Crippen LogP contribution in [0.2, 0.25) is 0 Å². The molecule has 1 atom stereocenters. The first kappa shape index (κ1) is 16.6. The molecule has 0 saturated carbocycles. The molecule has 0 saturated heterocycles. The quantitative estimate of drug-likeness (QED) is 0.765. The molecule has 2 aromatic heterocycles. The molecular weight excluding hydrogens is 354 g/mol. The van der Waals surface area contributed by atoms with E-state index < -0.39 is 6.03 Å². The zero-order chi connectivity index (χ0) is 18.3. The maximum absolute atomic E-state index is 12.7. The predicted octanol–water partition coefficient (Wildman–Crippen LogP) is 2.72. The molecule has 0 fully saturated rings. The van der Waals surface area contributed by atoms with Gasteiger partial charge in [-0.3, -0.25) is 4.79 Å². The van der Waals surface area contributed by atoms with Gasteiger partial charge in [0.05, 0.1) is 25.6 Å². The van der Waals surface area contributed by atoms with Crippen LogP contribution in [0.25, 0.3) is 10.2 Å². The lowest BCUT2D eigenvalue weighted by Gasteiger charge is -2.17. The number of carbonyl (C=O) groups excluding carboxylic acids is 1. The van der Waals surface area contributed by atoms with Gasteiger partial charge >= 0.3 is 6.03 Å². The third-order valence-electron chi connectivity index (χ3n) is 4.59. The number of nitrogens with one attached hydrogen (secondary N) is 1. The van der Waals surface area contributed by atoms with Gasteiger partial charge in [0.2, 0.25) is 0 Å². The minimum Gasteiger partial charge on any atom is -0.496 e. The minimum absolute atomic E-state index is 0.243. The van der Waals surface area contributed by atoms with Crippen LogP contribution in [0.4, 0.5) is 4.79 Å². The Morgan fingerprint density at radius 2 is 2.04 bits per heavy atom. The summed E-state index contributed by atoms with van der Waals surface area (Å²) < 4.78 is 12.0. The van der Waals surface area contributed by atoms with Gasteiger partial charge in [0.1, 0.15) is 16.3 Å². The fourth-order valence-electron chi connectivity index (χ4n) is 3.41. The maximum atomic E-state index is 12.7. The lowest BCUT2D eigenvalue weighted by molar-refractivity contribution is 0.240. The molecule has 1 aromatic carbocycles. The summed E-state index contributed by atoms with van der Waals surface area (Å²) >= 11 is 1.04. The van der Waals surface area contributed by atoms with E-state index in [1.807, 2.05) is 12.1 Å². The van der Waals surface area contributed by atoms with Gasteiger partial charge < -0.3 is 14.8 Å². The molecular formula is C18H17N3O4S. The standard InChI is InChI=1S/C18H17N3O4S/c1-24-13-7-8-14(25-2)15-10(13)5-6-12(15)20-18(23)21-17(22)11-4-3-9-19-16(11)26-21/h3-4,7-9,12H,5-6H2,1-2H3,(H,20,23). The van der Waals surface area contributed by atoms with Crippen LogP contribution < -0.4 is 20.3 Å². The average Bonchev–Trinajstić information content (AvgIpc) is 3.23. The van der Waals surface area contributed by atoms with Crippen LogP contribution in [0.5, 0.6) is 11.5 Å². The molecule has 26 heavy (non-hydrogen) atoms. The Labute approximate surface area is 153 Å². The zero-order valence-electron chi connectivity index (χ0n) is 14.3. The topological polar surface area (TPSA) is 82.4 Å². The Kier molecular flexibility index (Phi) is 4.12. The van der Waals surface area contributed by atoms with Gasteiger partial charge in [-0.05, 0) is 48.6 Å². The minimum atomic E-state index is -0.458. The molecule has 8 heteroatoms. The second-order valence-corrected chi connectivity index (χ2v) is 6.88. The van der Waals surface area contributed by atoms with Gasteiger partial charge in [0, 0.05) is 17.3 Å². The monoisotopic (exact) mass is 371 g/mol. The number of ether oxygens (including phenoxy) is 2. The fourth-order valence-corrected chi connectivity index (χ4v) is 4.27. The second kappa shape index (κ2) is 6.45. The van der Waals surface area contributed by atoms with Crippen molar-refractivity contribution in [2.45, 2.75) is 18.9 Å². The van der Waals surface area contributed by atoms with Gasteiger partial charge in [-0.1, -0.05) is 0 Å². The molecule has 134 valence electrons. The molecule has 4 rings (SSSR count). The van der Waals surface area contributed by atoms with E-state index >= 15 is 0 Å². The SMILES string of the molecule is COc1ccc(OC)c2c1CCC2NC(=O)n1sc2ncccc2c1=O. The molecule has 7 nitrogen and oxygen atoms in total. The first-order chi connectivity index (χ1) is 12.6. The number of nitrogens with zero attached hydrogens (tertiary/aromatic N) is 2. The highest BCUT2D eigenvalue weighted by molar-refractivity contribution is 7.14. The van der Waals surface area contributed by atoms with Crippen molar-refractivity contribution in [2.75, 3.05) is 14.2 Å². The Hall–Kier alpha value is -2.87. The van der Waals surface area contributed by atoms with Gasteiger partial charge in [0.25, 0.3) is 5.56 Å². The number of amides is 1. The van der Waals surface area contributed by atoms with Crippen LogP contribution in [0.1, 0.15) is 23.6 Å². The van der Waals surface area contributed by atoms with Crippen LogP contribution >= 0.6 is 11.5 Å². The number of hydrogen-bond acceptors (Lipinski definition) is 6. The smallest absolute Gasteiger partial charge is 0.338 e. The van der Waals surface area contributed by atoms with Crippen LogP contribution in [0.15, 0.2) is 35.3 Å². The maximum Gasteiger partial charge on any atom is 0.338 e. The molecule has 1 aliphatic carbocycles. The molecule has 0 bridgehead atoms. The summed E-state index contributed by atoms with van der Waals surface area (Å²) in [6, 6.07) is 6.35. The number of benzene rings is 1. The molecule has 0 spiro atoms. The van der Waals surface area contributed by atoms with Crippen molar-refractivity contribution in [3.8, 4) is 11.5 Å². The average molecular weight is 371 g/mol. The van der Waals surface area contributed by atoms with E-state index in [2.05, 4.69) is 10.3 Å². The summed E-state index contributed by atoms with van der Waals surface area (Å²) in [4.78, 5) is 29.8. The molecule has 0 aliphatic heterocycles. The Balaban J connectivity index is 1.68.